The van der Waals surface area contributed by atoms with Gasteiger partial charge in [-0.3, -0.25) is 0 Å². The van der Waals surface area contributed by atoms with E-state index < -0.39 is 0 Å². The third-order valence-corrected chi connectivity index (χ3v) is 3.10. The summed E-state index contributed by atoms with van der Waals surface area (Å²) >= 11 is 0. The Morgan fingerprint density at radius 3 is 2.84 bits per heavy atom. The van der Waals surface area contributed by atoms with E-state index >= 15 is 0 Å². The zero-order valence-electron chi connectivity index (χ0n) is 11.8. The summed E-state index contributed by atoms with van der Waals surface area (Å²) in [5, 5.41) is 6.48. The van der Waals surface area contributed by atoms with Crippen molar-refractivity contribution < 1.29 is 4.74 Å². The first-order valence-electron chi connectivity index (χ1n) is 6.42. The molecule has 1 atom stereocenters. The summed E-state index contributed by atoms with van der Waals surface area (Å²) in [6, 6.07) is 0.199. The highest BCUT2D eigenvalue weighted by Gasteiger charge is 2.16. The maximum absolute atomic E-state index is 5.25. The first-order valence-corrected chi connectivity index (χ1v) is 6.42. The van der Waals surface area contributed by atoms with E-state index in [1.807, 2.05) is 23.8 Å². The number of aromatic nitrogens is 3. The Hall–Kier alpha value is -1.82. The van der Waals surface area contributed by atoms with Crippen molar-refractivity contribution in [3.8, 4) is 0 Å². The molecule has 0 aliphatic heterocycles. The summed E-state index contributed by atoms with van der Waals surface area (Å²) in [5.74, 6) is 2.01. The second-order valence-electron chi connectivity index (χ2n) is 4.83. The maximum Gasteiger partial charge on any atom is 0.180 e. The van der Waals surface area contributed by atoms with Crippen LogP contribution in [-0.4, -0.2) is 41.2 Å². The molecule has 0 aliphatic rings. The summed E-state index contributed by atoms with van der Waals surface area (Å²) in [7, 11) is 3.56. The van der Waals surface area contributed by atoms with Crippen LogP contribution in [0.1, 0.15) is 13.8 Å². The van der Waals surface area contributed by atoms with Gasteiger partial charge in [-0.15, -0.1) is 0 Å². The summed E-state index contributed by atoms with van der Waals surface area (Å²) < 4.78 is 7.20. The van der Waals surface area contributed by atoms with Gasteiger partial charge in [-0.25, -0.2) is 9.97 Å². The number of ether oxygens (including phenoxy) is 1. The lowest BCUT2D eigenvalue weighted by Crippen LogP contribution is -2.31. The number of nitrogens with zero attached hydrogens (tertiary/aromatic N) is 3. The molecule has 0 aromatic carbocycles. The Morgan fingerprint density at radius 1 is 1.42 bits per heavy atom. The molecule has 0 fully saturated rings. The first kappa shape index (κ1) is 13.6. The molecule has 6 nitrogen and oxygen atoms in total. The summed E-state index contributed by atoms with van der Waals surface area (Å²) in [5.41, 5.74) is 0.820. The van der Waals surface area contributed by atoms with E-state index in [-0.39, 0.29) is 6.04 Å². The zero-order valence-corrected chi connectivity index (χ0v) is 11.8. The van der Waals surface area contributed by atoms with Crippen LogP contribution >= 0.6 is 0 Å². The Morgan fingerprint density at radius 2 is 2.21 bits per heavy atom. The van der Waals surface area contributed by atoms with Gasteiger partial charge >= 0.3 is 0 Å². The van der Waals surface area contributed by atoms with Gasteiger partial charge in [0.05, 0.1) is 18.8 Å². The molecule has 0 saturated carbocycles. The smallest absolute Gasteiger partial charge is 0.180 e. The molecule has 0 amide bonds. The predicted molar refractivity (Wildman–Crippen MR) is 76.7 cm³/mol. The minimum absolute atomic E-state index is 0.199. The molecule has 104 valence electrons. The molecule has 19 heavy (non-hydrogen) atoms. The highest BCUT2D eigenvalue weighted by Crippen LogP contribution is 2.18. The molecule has 1 unspecified atom stereocenters. The van der Waals surface area contributed by atoms with Gasteiger partial charge < -0.3 is 19.8 Å². The molecule has 0 saturated heterocycles. The quantitative estimate of drug-likeness (QED) is 0.833. The van der Waals surface area contributed by atoms with Gasteiger partial charge in [-0.2, -0.15) is 0 Å². The van der Waals surface area contributed by atoms with Crippen LogP contribution in [-0.2, 0) is 4.74 Å². The van der Waals surface area contributed by atoms with Gasteiger partial charge in [0.15, 0.2) is 11.5 Å². The van der Waals surface area contributed by atoms with Crippen LogP contribution in [0.5, 0.6) is 0 Å². The zero-order chi connectivity index (χ0) is 13.8. The summed E-state index contributed by atoms with van der Waals surface area (Å²) in [6.07, 6.45) is 5.58. The predicted octanol–water partition coefficient (Wildman–Crippen LogP) is 1.85. The van der Waals surface area contributed by atoms with E-state index in [0.717, 1.165) is 17.3 Å². The fourth-order valence-corrected chi connectivity index (χ4v) is 1.90. The highest BCUT2D eigenvalue weighted by atomic mass is 16.5. The van der Waals surface area contributed by atoms with Crippen molar-refractivity contribution in [2.75, 3.05) is 31.4 Å². The van der Waals surface area contributed by atoms with Gasteiger partial charge in [0, 0.05) is 26.6 Å². The average Bonchev–Trinajstić information content (AvgIpc) is 2.86. The van der Waals surface area contributed by atoms with E-state index in [9.17, 15) is 0 Å². The van der Waals surface area contributed by atoms with E-state index in [4.69, 9.17) is 4.74 Å². The molecule has 0 spiro atoms. The topological polar surface area (TPSA) is 63.5 Å². The number of imidazole rings is 1. The number of methoxy groups -OCH3 is 1. The first-order chi connectivity index (χ1) is 9.15. The summed E-state index contributed by atoms with van der Waals surface area (Å²) in [6.45, 7) is 4.94. The lowest BCUT2D eigenvalue weighted by Gasteiger charge is -2.22. The normalized spacial score (nSPS) is 12.9. The second-order valence-corrected chi connectivity index (χ2v) is 4.83. The number of rotatable bonds is 6. The third kappa shape index (κ3) is 2.96. The van der Waals surface area contributed by atoms with Gasteiger partial charge in [0.25, 0.3) is 0 Å². The molecule has 0 radical (unpaired) electrons. The maximum atomic E-state index is 5.25. The fraction of sp³-hybridized carbons (Fsp3) is 0.538. The molecular weight excluding hydrogens is 242 g/mol. The standard InChI is InChI=1S/C13H21N5O/c1-9(2)10(8-19-4)16-12-13-15-5-6-18(13)7-11(14-3)17-12/h5-7,9-10,14H,8H2,1-4H3,(H,16,17). The number of nitrogens with one attached hydrogen (secondary N) is 2. The van der Waals surface area contributed by atoms with Crippen LogP contribution in [0, 0.1) is 5.92 Å². The monoisotopic (exact) mass is 263 g/mol. The number of hydrogen-bond donors (Lipinski definition) is 2. The highest BCUT2D eigenvalue weighted by molar-refractivity contribution is 5.65. The van der Waals surface area contributed by atoms with Crippen molar-refractivity contribution in [3.63, 3.8) is 0 Å². The SMILES string of the molecule is CNc1cn2ccnc2c(NC(COC)C(C)C)n1. The lowest BCUT2D eigenvalue weighted by molar-refractivity contribution is 0.171. The Bertz CT molecular complexity index is 537. The average molecular weight is 263 g/mol. The number of anilines is 2. The number of fused-ring (bicyclic) bond motifs is 1. The minimum Gasteiger partial charge on any atom is -0.383 e. The molecule has 2 N–H and O–H groups in total. The van der Waals surface area contributed by atoms with Crippen LogP contribution in [0.4, 0.5) is 11.6 Å². The van der Waals surface area contributed by atoms with Crippen LogP contribution in [0.2, 0.25) is 0 Å². The number of hydrogen-bond acceptors (Lipinski definition) is 5. The van der Waals surface area contributed by atoms with Gasteiger partial charge in [0.2, 0.25) is 0 Å². The molecule has 6 heteroatoms. The fourth-order valence-electron chi connectivity index (χ4n) is 1.90. The molecule has 0 aliphatic carbocycles. The van der Waals surface area contributed by atoms with E-state index in [1.165, 1.54) is 0 Å². The third-order valence-electron chi connectivity index (χ3n) is 3.10. The van der Waals surface area contributed by atoms with Crippen molar-refractivity contribution in [1.82, 2.24) is 14.4 Å². The molecule has 0 bridgehead atoms. The molecular formula is C13H21N5O. The van der Waals surface area contributed by atoms with Crippen LogP contribution in [0.3, 0.4) is 0 Å². The van der Waals surface area contributed by atoms with Crippen molar-refractivity contribution >= 4 is 17.3 Å². The van der Waals surface area contributed by atoms with Gasteiger partial charge in [0.1, 0.15) is 5.82 Å². The van der Waals surface area contributed by atoms with Crippen molar-refractivity contribution in [3.05, 3.63) is 18.6 Å². The van der Waals surface area contributed by atoms with Crippen LogP contribution in [0.25, 0.3) is 5.65 Å². The Kier molecular flexibility index (Phi) is 4.21. The van der Waals surface area contributed by atoms with E-state index in [2.05, 4.69) is 34.4 Å². The van der Waals surface area contributed by atoms with Crippen molar-refractivity contribution in [2.45, 2.75) is 19.9 Å². The lowest BCUT2D eigenvalue weighted by atomic mass is 10.1. The minimum atomic E-state index is 0.199. The largest absolute Gasteiger partial charge is 0.383 e. The summed E-state index contributed by atoms with van der Waals surface area (Å²) in [4.78, 5) is 8.87. The second kappa shape index (κ2) is 5.88. The molecule has 2 rings (SSSR count). The molecule has 2 heterocycles. The molecule has 2 aromatic heterocycles. The molecule has 2 aromatic rings. The van der Waals surface area contributed by atoms with Crippen molar-refractivity contribution in [1.29, 1.82) is 0 Å². The van der Waals surface area contributed by atoms with Gasteiger partial charge in [-0.05, 0) is 5.92 Å². The van der Waals surface area contributed by atoms with Crippen molar-refractivity contribution in [2.24, 2.45) is 5.92 Å². The Labute approximate surface area is 113 Å². The van der Waals surface area contributed by atoms with Crippen LogP contribution < -0.4 is 10.6 Å². The van der Waals surface area contributed by atoms with Crippen LogP contribution in [0.15, 0.2) is 18.6 Å². The van der Waals surface area contributed by atoms with E-state index in [1.54, 1.807) is 13.3 Å². The van der Waals surface area contributed by atoms with Gasteiger partial charge in [-0.1, -0.05) is 13.8 Å². The van der Waals surface area contributed by atoms with E-state index in [0.29, 0.717) is 12.5 Å². The Balaban J connectivity index is 2.34.